The number of aliphatic hydroxyl groups excluding tert-OH is 1. The first-order chi connectivity index (χ1) is 25.5. The number of ether oxygens (including phenoxy) is 5. The van der Waals surface area contributed by atoms with E-state index in [1.54, 1.807) is 25.1 Å². The van der Waals surface area contributed by atoms with E-state index in [2.05, 4.69) is 5.16 Å². The monoisotopic (exact) mass is 724 g/mol. The third-order valence-electron chi connectivity index (χ3n) is 10.3. The number of aromatic nitrogens is 1. The van der Waals surface area contributed by atoms with Gasteiger partial charge >= 0.3 is 0 Å². The summed E-state index contributed by atoms with van der Waals surface area (Å²) in [6.07, 6.45) is -0.727. The fourth-order valence-electron chi connectivity index (χ4n) is 8.06. The van der Waals surface area contributed by atoms with Crippen molar-refractivity contribution in [2.75, 3.05) is 28.3 Å². The Balaban J connectivity index is 1.36. The lowest BCUT2D eigenvalue weighted by Gasteiger charge is -2.49. The van der Waals surface area contributed by atoms with Crippen molar-refractivity contribution in [3.63, 3.8) is 0 Å². The Morgan fingerprint density at radius 3 is 2.13 bits per heavy atom. The number of carbonyl (C=O) groups excluding carboxylic acids is 2. The second-order valence-corrected chi connectivity index (χ2v) is 14.2. The van der Waals surface area contributed by atoms with Gasteiger partial charge in [-0.05, 0) is 69.1 Å². The molecule has 0 aliphatic heterocycles. The van der Waals surface area contributed by atoms with Crippen LogP contribution in [0, 0.1) is 11.8 Å². The van der Waals surface area contributed by atoms with Gasteiger partial charge in [0.05, 0.1) is 23.3 Å². The normalized spacial score (nSPS) is 22.1. The van der Waals surface area contributed by atoms with E-state index < -0.39 is 41.3 Å². The number of aliphatic hydroxyl groups is 2. The summed E-state index contributed by atoms with van der Waals surface area (Å²) in [5.74, 6) is -2.88. The molecule has 7 rings (SSSR count). The average Bonchev–Trinajstić information content (AvgIpc) is 3.56. The van der Waals surface area contributed by atoms with Gasteiger partial charge in [0.1, 0.15) is 36.0 Å². The van der Waals surface area contributed by atoms with Gasteiger partial charge in [0.15, 0.2) is 17.7 Å². The molecule has 0 bridgehead atoms. The zero-order valence-electron chi connectivity index (χ0n) is 30.6. The van der Waals surface area contributed by atoms with Gasteiger partial charge in [-0.25, -0.2) is 0 Å². The van der Waals surface area contributed by atoms with Gasteiger partial charge in [-0.3, -0.25) is 14.5 Å². The molecule has 0 unspecified atom stereocenters. The second-order valence-electron chi connectivity index (χ2n) is 14.2. The highest BCUT2D eigenvalue weighted by atomic mass is 16.7. The molecule has 2 N–H and O–H groups in total. The van der Waals surface area contributed by atoms with Gasteiger partial charge in [0.2, 0.25) is 11.6 Å². The highest BCUT2D eigenvalue weighted by molar-refractivity contribution is 6.26. The van der Waals surface area contributed by atoms with Gasteiger partial charge in [-0.2, -0.15) is 0 Å². The standard InChI is InChI=1S/C41H44N2O10/c1-22(2)52-35-26-17-25-18-28-33(43(3)4)36-32(39(42-53-36)51-21-24-15-11-8-12-16-24)38(46)41(28,47)37(45)30(25)34(44)31(26)29(19-27(35)40(48-5)49-6)50-20-23-13-9-7-10-14-23/h7-16,19,22,25,28,33,40,44,47H,17-18,20-21H2,1-6H3/t25-,28-,33-,41-/m0/s1. The minimum Gasteiger partial charge on any atom is -0.507 e. The van der Waals surface area contributed by atoms with Gasteiger partial charge in [0.25, 0.3) is 5.88 Å². The van der Waals surface area contributed by atoms with Crippen molar-refractivity contribution in [1.29, 1.82) is 0 Å². The number of rotatable bonds is 12. The van der Waals surface area contributed by atoms with Gasteiger partial charge in [0, 0.05) is 31.3 Å². The number of ketones is 2. The summed E-state index contributed by atoms with van der Waals surface area (Å²) in [6, 6.07) is 19.8. The van der Waals surface area contributed by atoms with Crippen LogP contribution < -0.4 is 14.2 Å². The first-order valence-electron chi connectivity index (χ1n) is 17.7. The smallest absolute Gasteiger partial charge is 0.265 e. The lowest BCUT2D eigenvalue weighted by Crippen LogP contribution is -2.63. The van der Waals surface area contributed by atoms with E-state index in [-0.39, 0.29) is 72.0 Å². The van der Waals surface area contributed by atoms with Gasteiger partial charge < -0.3 is 38.4 Å². The van der Waals surface area contributed by atoms with Crippen LogP contribution in [0.25, 0.3) is 5.76 Å². The third kappa shape index (κ3) is 6.19. The molecule has 1 saturated carbocycles. The molecule has 12 heteroatoms. The van der Waals surface area contributed by atoms with E-state index in [9.17, 15) is 19.8 Å². The first kappa shape index (κ1) is 36.4. The Morgan fingerprint density at radius 2 is 1.55 bits per heavy atom. The molecule has 0 spiro atoms. The molecule has 0 radical (unpaired) electrons. The van der Waals surface area contributed by atoms with Crippen molar-refractivity contribution in [1.82, 2.24) is 10.1 Å². The molecule has 12 nitrogen and oxygen atoms in total. The zero-order valence-corrected chi connectivity index (χ0v) is 30.6. The maximum Gasteiger partial charge on any atom is 0.265 e. The van der Waals surface area contributed by atoms with Gasteiger partial charge in [-0.1, -0.05) is 60.7 Å². The fraction of sp³-hybridized carbons (Fsp3) is 0.390. The van der Waals surface area contributed by atoms with Crippen LogP contribution in [-0.2, 0) is 33.9 Å². The SMILES string of the molecule is COC(OC)c1cc(OCc2ccccc2)c2c(c1OC(C)C)C[C@H]1C[C@H]3[C@H](N(C)C)c4onc(OCc5ccccc5)c4C(=O)[C@@]3(O)C(=O)C1=C2O. The summed E-state index contributed by atoms with van der Waals surface area (Å²) in [4.78, 5) is 31.2. The average molecular weight is 725 g/mol. The van der Waals surface area contributed by atoms with Crippen LogP contribution in [0.15, 0.2) is 76.8 Å². The number of methoxy groups -OCH3 is 2. The number of fused-ring (bicyclic) bond motifs is 4. The number of benzene rings is 3. The van der Waals surface area contributed by atoms with Crippen molar-refractivity contribution in [3.05, 3.63) is 111 Å². The molecule has 4 aromatic rings. The van der Waals surface area contributed by atoms with Gasteiger partial charge in [-0.15, -0.1) is 0 Å². The molecular formula is C41H44N2O10. The highest BCUT2D eigenvalue weighted by Crippen LogP contribution is 2.57. The molecule has 3 aliphatic rings. The largest absolute Gasteiger partial charge is 0.507 e. The zero-order chi connectivity index (χ0) is 37.6. The van der Waals surface area contributed by atoms with Crippen LogP contribution in [0.1, 0.15) is 76.5 Å². The molecule has 278 valence electrons. The fourth-order valence-corrected chi connectivity index (χ4v) is 8.06. The molecular weight excluding hydrogens is 680 g/mol. The maximum absolute atomic E-state index is 14.8. The van der Waals surface area contributed by atoms with E-state index in [4.69, 9.17) is 28.2 Å². The van der Waals surface area contributed by atoms with E-state index >= 15 is 0 Å². The van der Waals surface area contributed by atoms with Crippen LogP contribution in [0.3, 0.4) is 0 Å². The Hall–Kier alpha value is -5.01. The summed E-state index contributed by atoms with van der Waals surface area (Å²) in [5, 5.41) is 28.9. The van der Waals surface area contributed by atoms with E-state index in [0.717, 1.165) is 11.1 Å². The summed E-state index contributed by atoms with van der Waals surface area (Å²) in [5.41, 5.74) is 0.430. The van der Waals surface area contributed by atoms with Crippen LogP contribution in [0.2, 0.25) is 0 Å². The number of carbonyl (C=O) groups is 2. The molecule has 3 aromatic carbocycles. The van der Waals surface area contributed by atoms with E-state index in [1.807, 2.05) is 74.5 Å². The van der Waals surface area contributed by atoms with E-state index in [1.165, 1.54) is 14.2 Å². The summed E-state index contributed by atoms with van der Waals surface area (Å²) in [7, 11) is 6.61. The predicted molar refractivity (Wildman–Crippen MR) is 193 cm³/mol. The number of Topliss-reactive ketones (excluding diaryl/α,β-unsaturated/α-hetero) is 2. The molecule has 0 saturated heterocycles. The van der Waals surface area contributed by atoms with Crippen molar-refractivity contribution in [3.8, 4) is 17.4 Å². The second kappa shape index (κ2) is 14.4. The number of nitrogens with zero attached hydrogens (tertiary/aromatic N) is 2. The minimum absolute atomic E-state index is 0.0448. The van der Waals surface area contributed by atoms with Crippen molar-refractivity contribution < 1.29 is 48.0 Å². The molecule has 0 amide bonds. The molecule has 1 heterocycles. The summed E-state index contributed by atoms with van der Waals surface area (Å²) < 4.78 is 35.9. The number of hydrogen-bond donors (Lipinski definition) is 2. The van der Waals surface area contributed by atoms with Crippen molar-refractivity contribution in [2.45, 2.75) is 63.9 Å². The number of hydrogen-bond acceptors (Lipinski definition) is 12. The Kier molecular flexibility index (Phi) is 9.90. The highest BCUT2D eigenvalue weighted by Gasteiger charge is 2.65. The van der Waals surface area contributed by atoms with Crippen LogP contribution in [0.4, 0.5) is 0 Å². The van der Waals surface area contributed by atoms with Crippen LogP contribution >= 0.6 is 0 Å². The summed E-state index contributed by atoms with van der Waals surface area (Å²) >= 11 is 0. The Morgan fingerprint density at radius 1 is 0.925 bits per heavy atom. The topological polar surface area (TPSA) is 150 Å². The Labute approximate surface area is 307 Å². The third-order valence-corrected chi connectivity index (χ3v) is 10.3. The minimum atomic E-state index is -2.55. The molecule has 1 fully saturated rings. The quantitative estimate of drug-likeness (QED) is 0.127. The van der Waals surface area contributed by atoms with Crippen molar-refractivity contribution >= 4 is 17.3 Å². The first-order valence-corrected chi connectivity index (χ1v) is 17.7. The summed E-state index contributed by atoms with van der Waals surface area (Å²) in [6.45, 7) is 4.02. The van der Waals surface area contributed by atoms with Crippen LogP contribution in [-0.4, -0.2) is 71.9 Å². The van der Waals surface area contributed by atoms with Crippen LogP contribution in [0.5, 0.6) is 17.4 Å². The predicted octanol–water partition coefficient (Wildman–Crippen LogP) is 6.17. The van der Waals surface area contributed by atoms with Crippen molar-refractivity contribution in [2.24, 2.45) is 11.8 Å². The Bertz CT molecular complexity index is 2040. The lowest BCUT2D eigenvalue weighted by atomic mass is 9.57. The molecule has 53 heavy (non-hydrogen) atoms. The maximum atomic E-state index is 14.8. The van der Waals surface area contributed by atoms with E-state index in [0.29, 0.717) is 16.9 Å². The lowest BCUT2D eigenvalue weighted by molar-refractivity contribution is -0.142. The molecule has 4 atom stereocenters. The molecule has 1 aromatic heterocycles. The molecule has 3 aliphatic carbocycles.